The molecule has 2 unspecified atom stereocenters. The lowest BCUT2D eigenvalue weighted by atomic mass is 9.94. The second kappa shape index (κ2) is 6.32. The molecule has 0 amide bonds. The maximum Gasteiger partial charge on any atom is 0.0556 e. The Labute approximate surface area is 79.5 Å². The number of hydrogen-bond donors (Lipinski definition) is 3. The summed E-state index contributed by atoms with van der Waals surface area (Å²) in [4.78, 5) is 0. The molecule has 1 fully saturated rings. The zero-order valence-corrected chi connectivity index (χ0v) is 8.04. The molecule has 1 heterocycles. The van der Waals surface area contributed by atoms with Crippen LogP contribution in [0.1, 0.15) is 12.8 Å². The van der Waals surface area contributed by atoms with Crippen LogP contribution in [0.3, 0.4) is 0 Å². The van der Waals surface area contributed by atoms with Gasteiger partial charge in [0.1, 0.15) is 0 Å². The summed E-state index contributed by atoms with van der Waals surface area (Å²) in [5.41, 5.74) is 5.64. The van der Waals surface area contributed by atoms with Gasteiger partial charge in [-0.3, -0.25) is 0 Å². The van der Waals surface area contributed by atoms with E-state index >= 15 is 0 Å². The van der Waals surface area contributed by atoms with Crippen molar-refractivity contribution in [2.75, 3.05) is 32.9 Å². The van der Waals surface area contributed by atoms with Gasteiger partial charge in [-0.05, 0) is 18.8 Å². The summed E-state index contributed by atoms with van der Waals surface area (Å²) in [6.45, 7) is 3.10. The van der Waals surface area contributed by atoms with Crippen LogP contribution in [0.5, 0.6) is 0 Å². The molecule has 78 valence electrons. The van der Waals surface area contributed by atoms with Gasteiger partial charge in [0.15, 0.2) is 0 Å². The highest BCUT2D eigenvalue weighted by Gasteiger charge is 2.22. The van der Waals surface area contributed by atoms with Gasteiger partial charge in [-0.1, -0.05) is 0 Å². The van der Waals surface area contributed by atoms with Gasteiger partial charge < -0.3 is 20.9 Å². The van der Waals surface area contributed by atoms with Gasteiger partial charge in [0.05, 0.1) is 13.2 Å². The molecule has 1 saturated heterocycles. The molecular formula is C9H20N2O2. The van der Waals surface area contributed by atoms with E-state index in [1.165, 1.54) is 6.42 Å². The quantitative estimate of drug-likeness (QED) is 0.535. The molecule has 0 radical (unpaired) electrons. The number of nitrogens with one attached hydrogen (secondary N) is 1. The molecule has 13 heavy (non-hydrogen) atoms. The van der Waals surface area contributed by atoms with E-state index < -0.39 is 0 Å². The summed E-state index contributed by atoms with van der Waals surface area (Å²) in [5.74, 6) is 0.519. The predicted molar refractivity (Wildman–Crippen MR) is 51.5 cm³/mol. The summed E-state index contributed by atoms with van der Waals surface area (Å²) in [6, 6.07) is 0.299. The van der Waals surface area contributed by atoms with Crippen molar-refractivity contribution >= 4 is 0 Å². The van der Waals surface area contributed by atoms with E-state index in [1.54, 1.807) is 0 Å². The molecule has 0 aliphatic carbocycles. The molecule has 4 heteroatoms. The van der Waals surface area contributed by atoms with Gasteiger partial charge in [0, 0.05) is 25.7 Å². The van der Waals surface area contributed by atoms with Gasteiger partial charge >= 0.3 is 0 Å². The molecule has 0 aromatic heterocycles. The lowest BCUT2D eigenvalue weighted by molar-refractivity contribution is 0.0399. The van der Waals surface area contributed by atoms with Crippen molar-refractivity contribution in [1.29, 1.82) is 0 Å². The van der Waals surface area contributed by atoms with Gasteiger partial charge in [0.2, 0.25) is 0 Å². The molecule has 1 aliphatic heterocycles. The molecule has 0 spiro atoms. The fourth-order valence-electron chi connectivity index (χ4n) is 1.78. The van der Waals surface area contributed by atoms with Gasteiger partial charge in [-0.2, -0.15) is 0 Å². The zero-order chi connectivity index (χ0) is 9.52. The summed E-state index contributed by atoms with van der Waals surface area (Å²) < 4.78 is 5.39. The van der Waals surface area contributed by atoms with Crippen LogP contribution in [0.15, 0.2) is 0 Å². The Bertz CT molecular complexity index is 127. The zero-order valence-electron chi connectivity index (χ0n) is 8.04. The Morgan fingerprint density at radius 3 is 3.00 bits per heavy atom. The average Bonchev–Trinajstić information content (AvgIpc) is 2.21. The standard InChI is InChI=1S/C9H20N2O2/c10-6-9(11-3-4-12)8-2-1-5-13-7-8/h8-9,11-12H,1-7,10H2. The molecule has 2 atom stereocenters. The topological polar surface area (TPSA) is 67.5 Å². The largest absolute Gasteiger partial charge is 0.395 e. The van der Waals surface area contributed by atoms with E-state index in [1.807, 2.05) is 0 Å². The third-order valence-corrected chi connectivity index (χ3v) is 2.54. The average molecular weight is 188 g/mol. The Morgan fingerprint density at radius 1 is 1.62 bits per heavy atom. The van der Waals surface area contributed by atoms with Crippen molar-refractivity contribution in [1.82, 2.24) is 5.32 Å². The summed E-state index contributed by atoms with van der Waals surface area (Å²) >= 11 is 0. The molecule has 0 bridgehead atoms. The second-order valence-corrected chi connectivity index (χ2v) is 3.50. The van der Waals surface area contributed by atoms with Crippen LogP contribution >= 0.6 is 0 Å². The third kappa shape index (κ3) is 3.60. The van der Waals surface area contributed by atoms with Gasteiger partial charge in [-0.25, -0.2) is 0 Å². The maximum absolute atomic E-state index is 8.67. The van der Waals surface area contributed by atoms with Gasteiger partial charge in [-0.15, -0.1) is 0 Å². The number of aliphatic hydroxyl groups excluding tert-OH is 1. The SMILES string of the molecule is NCC(NCCO)C1CCCOC1. The molecule has 0 aromatic carbocycles. The van der Waals surface area contributed by atoms with Crippen LogP contribution in [0.2, 0.25) is 0 Å². The first kappa shape index (κ1) is 10.9. The second-order valence-electron chi connectivity index (χ2n) is 3.50. The van der Waals surface area contributed by atoms with E-state index in [-0.39, 0.29) is 6.61 Å². The Morgan fingerprint density at radius 2 is 2.46 bits per heavy atom. The highest BCUT2D eigenvalue weighted by atomic mass is 16.5. The molecule has 0 saturated carbocycles. The molecule has 1 rings (SSSR count). The minimum atomic E-state index is 0.171. The van der Waals surface area contributed by atoms with Crippen molar-refractivity contribution in [3.63, 3.8) is 0 Å². The maximum atomic E-state index is 8.67. The summed E-state index contributed by atoms with van der Waals surface area (Å²) in [6.07, 6.45) is 2.31. The van der Waals surface area contributed by atoms with E-state index in [0.717, 1.165) is 19.6 Å². The smallest absolute Gasteiger partial charge is 0.0556 e. The van der Waals surface area contributed by atoms with Gasteiger partial charge in [0.25, 0.3) is 0 Å². The normalized spacial score (nSPS) is 25.8. The Hall–Kier alpha value is -0.160. The number of hydrogen-bond acceptors (Lipinski definition) is 4. The minimum Gasteiger partial charge on any atom is -0.395 e. The van der Waals surface area contributed by atoms with Crippen LogP contribution in [0.4, 0.5) is 0 Å². The molecule has 0 aromatic rings. The first-order valence-electron chi connectivity index (χ1n) is 5.00. The number of rotatable bonds is 5. The number of ether oxygens (including phenoxy) is 1. The third-order valence-electron chi connectivity index (χ3n) is 2.54. The Balaban J connectivity index is 2.26. The predicted octanol–water partition coefficient (Wildman–Crippen LogP) is -0.678. The lowest BCUT2D eigenvalue weighted by Gasteiger charge is -2.29. The number of nitrogens with two attached hydrogens (primary N) is 1. The van der Waals surface area contributed by atoms with Crippen molar-refractivity contribution < 1.29 is 9.84 Å². The van der Waals surface area contributed by atoms with Crippen molar-refractivity contribution in [2.24, 2.45) is 11.7 Å². The first-order valence-corrected chi connectivity index (χ1v) is 5.00. The fourth-order valence-corrected chi connectivity index (χ4v) is 1.78. The Kier molecular flexibility index (Phi) is 5.31. The van der Waals surface area contributed by atoms with Crippen LogP contribution in [0.25, 0.3) is 0 Å². The lowest BCUT2D eigenvalue weighted by Crippen LogP contribution is -2.46. The van der Waals surface area contributed by atoms with Crippen LogP contribution in [0, 0.1) is 5.92 Å². The van der Waals surface area contributed by atoms with E-state index in [4.69, 9.17) is 15.6 Å². The van der Waals surface area contributed by atoms with E-state index in [0.29, 0.717) is 25.0 Å². The van der Waals surface area contributed by atoms with Crippen LogP contribution in [-0.2, 0) is 4.74 Å². The van der Waals surface area contributed by atoms with E-state index in [2.05, 4.69) is 5.32 Å². The molecule has 1 aliphatic rings. The number of aliphatic hydroxyl groups is 1. The molecular weight excluding hydrogens is 168 g/mol. The van der Waals surface area contributed by atoms with E-state index in [9.17, 15) is 0 Å². The van der Waals surface area contributed by atoms with Crippen LogP contribution < -0.4 is 11.1 Å². The summed E-state index contributed by atoms with van der Waals surface area (Å²) in [7, 11) is 0. The fraction of sp³-hybridized carbons (Fsp3) is 1.00. The monoisotopic (exact) mass is 188 g/mol. The first-order chi connectivity index (χ1) is 6.38. The molecule has 4 nitrogen and oxygen atoms in total. The van der Waals surface area contributed by atoms with Crippen LogP contribution in [-0.4, -0.2) is 44.1 Å². The van der Waals surface area contributed by atoms with Crippen molar-refractivity contribution in [3.8, 4) is 0 Å². The van der Waals surface area contributed by atoms with Crippen molar-refractivity contribution in [3.05, 3.63) is 0 Å². The molecule has 4 N–H and O–H groups in total. The minimum absolute atomic E-state index is 0.171. The van der Waals surface area contributed by atoms with Crippen molar-refractivity contribution in [2.45, 2.75) is 18.9 Å². The summed E-state index contributed by atoms with van der Waals surface area (Å²) in [5, 5.41) is 11.9. The highest BCUT2D eigenvalue weighted by molar-refractivity contribution is 4.78. The highest BCUT2D eigenvalue weighted by Crippen LogP contribution is 2.16.